The summed E-state index contributed by atoms with van der Waals surface area (Å²) < 4.78 is 29.4. The van der Waals surface area contributed by atoms with Gasteiger partial charge in [-0.05, 0) is 42.5 Å². The van der Waals surface area contributed by atoms with E-state index >= 15 is 0 Å². The molecule has 0 saturated carbocycles. The average molecular weight is 346 g/mol. The number of anilines is 1. The number of nitrogens with zero attached hydrogens (tertiary/aromatic N) is 1. The number of ether oxygens (including phenoxy) is 1. The zero-order valence-electron chi connectivity index (χ0n) is 12.3. The summed E-state index contributed by atoms with van der Waals surface area (Å²) in [7, 11) is 0. The summed E-state index contributed by atoms with van der Waals surface area (Å²) >= 11 is 1.49. The molecule has 1 N–H and O–H groups in total. The molecule has 2 aromatic carbocycles. The number of benzene rings is 2. The number of para-hydroxylation sites is 1. The van der Waals surface area contributed by atoms with E-state index in [4.69, 9.17) is 0 Å². The molecule has 122 valence electrons. The monoisotopic (exact) mass is 346 g/mol. The van der Waals surface area contributed by atoms with E-state index in [1.807, 2.05) is 24.3 Å². The summed E-state index contributed by atoms with van der Waals surface area (Å²) in [5.41, 5.74) is 1.37. The van der Waals surface area contributed by atoms with Gasteiger partial charge < -0.3 is 10.1 Å². The van der Waals surface area contributed by atoms with Crippen LogP contribution in [0.1, 0.15) is 5.01 Å². The Morgan fingerprint density at radius 3 is 2.62 bits per heavy atom. The number of carbonyl (C=O) groups is 1. The van der Waals surface area contributed by atoms with Gasteiger partial charge in [-0.25, -0.2) is 4.98 Å². The molecule has 0 aliphatic heterocycles. The lowest BCUT2D eigenvalue weighted by molar-refractivity contribution is -0.111. The highest BCUT2D eigenvalue weighted by Gasteiger charge is 2.05. The van der Waals surface area contributed by atoms with Crippen molar-refractivity contribution in [2.45, 2.75) is 6.61 Å². The van der Waals surface area contributed by atoms with E-state index in [1.165, 1.54) is 41.7 Å². The molecule has 3 aromatic rings. The van der Waals surface area contributed by atoms with Crippen LogP contribution in [0.5, 0.6) is 5.75 Å². The van der Waals surface area contributed by atoms with Crippen LogP contribution in [0, 0.1) is 0 Å². The number of nitrogens with one attached hydrogen (secondary N) is 1. The van der Waals surface area contributed by atoms with Crippen molar-refractivity contribution in [3.63, 3.8) is 0 Å². The summed E-state index contributed by atoms with van der Waals surface area (Å²) in [6, 6.07) is 13.4. The van der Waals surface area contributed by atoms with Crippen LogP contribution in [-0.2, 0) is 4.79 Å². The number of rotatable bonds is 5. The lowest BCUT2D eigenvalue weighted by Gasteiger charge is -2.06. The second-order valence-electron chi connectivity index (χ2n) is 4.75. The maximum Gasteiger partial charge on any atom is 0.387 e. The first-order valence-electron chi connectivity index (χ1n) is 7.00. The van der Waals surface area contributed by atoms with Crippen LogP contribution in [0.4, 0.5) is 14.5 Å². The standard InChI is InChI=1S/C17H12F2N2O2S/c18-17(19)23-12-7-5-11(6-8-12)20-15(22)9-10-16-21-13-3-1-2-4-14(13)24-16/h1-10,17H,(H,20,22). The molecule has 1 aromatic heterocycles. The van der Waals surface area contributed by atoms with Crippen LogP contribution in [0.15, 0.2) is 54.6 Å². The van der Waals surface area contributed by atoms with Crippen LogP contribution in [0.3, 0.4) is 0 Å². The highest BCUT2D eigenvalue weighted by molar-refractivity contribution is 7.19. The van der Waals surface area contributed by atoms with Gasteiger partial charge in [-0.3, -0.25) is 4.79 Å². The van der Waals surface area contributed by atoms with E-state index < -0.39 is 6.61 Å². The van der Waals surface area contributed by atoms with Crippen molar-refractivity contribution in [3.05, 3.63) is 59.6 Å². The van der Waals surface area contributed by atoms with Crippen LogP contribution in [-0.4, -0.2) is 17.5 Å². The third-order valence-corrected chi connectivity index (χ3v) is 4.04. The number of hydrogen-bond acceptors (Lipinski definition) is 4. The molecular formula is C17H12F2N2O2S. The Labute approximate surface area is 140 Å². The lowest BCUT2D eigenvalue weighted by atomic mass is 10.3. The van der Waals surface area contributed by atoms with Crippen molar-refractivity contribution in [1.82, 2.24) is 4.98 Å². The quantitative estimate of drug-likeness (QED) is 0.690. The molecule has 0 bridgehead atoms. The molecule has 0 aliphatic rings. The second-order valence-corrected chi connectivity index (χ2v) is 5.81. The zero-order valence-corrected chi connectivity index (χ0v) is 13.1. The van der Waals surface area contributed by atoms with E-state index in [1.54, 1.807) is 6.08 Å². The van der Waals surface area contributed by atoms with Crippen LogP contribution in [0.2, 0.25) is 0 Å². The number of thiazole rings is 1. The van der Waals surface area contributed by atoms with Crippen LogP contribution < -0.4 is 10.1 Å². The molecular weight excluding hydrogens is 334 g/mol. The summed E-state index contributed by atoms with van der Waals surface area (Å²) in [4.78, 5) is 16.3. The molecule has 0 spiro atoms. The summed E-state index contributed by atoms with van der Waals surface area (Å²) in [5, 5.41) is 3.36. The Balaban J connectivity index is 1.62. The Morgan fingerprint density at radius 1 is 1.17 bits per heavy atom. The van der Waals surface area contributed by atoms with Gasteiger partial charge in [0.15, 0.2) is 0 Å². The molecule has 0 aliphatic carbocycles. The maximum atomic E-state index is 12.1. The molecule has 0 saturated heterocycles. The molecule has 1 heterocycles. The highest BCUT2D eigenvalue weighted by Crippen LogP contribution is 2.22. The van der Waals surface area contributed by atoms with Crippen molar-refractivity contribution in [3.8, 4) is 5.75 Å². The predicted octanol–water partition coefficient (Wildman–Crippen LogP) is 4.55. The molecule has 4 nitrogen and oxygen atoms in total. The summed E-state index contributed by atoms with van der Waals surface area (Å²) in [5.74, 6) is -0.301. The summed E-state index contributed by atoms with van der Waals surface area (Å²) in [6.07, 6.45) is 3.01. The maximum absolute atomic E-state index is 12.1. The minimum absolute atomic E-state index is 0.0352. The minimum atomic E-state index is -2.87. The molecule has 1 amide bonds. The van der Waals surface area contributed by atoms with Crippen molar-refractivity contribution >= 4 is 39.2 Å². The van der Waals surface area contributed by atoms with Crippen molar-refractivity contribution in [1.29, 1.82) is 0 Å². The van der Waals surface area contributed by atoms with Crippen molar-refractivity contribution in [2.24, 2.45) is 0 Å². The van der Waals surface area contributed by atoms with E-state index in [0.29, 0.717) is 5.69 Å². The predicted molar refractivity (Wildman–Crippen MR) is 90.4 cm³/mol. The van der Waals surface area contributed by atoms with Gasteiger partial charge in [0.2, 0.25) is 5.91 Å². The largest absolute Gasteiger partial charge is 0.435 e. The number of hydrogen-bond donors (Lipinski definition) is 1. The molecule has 0 fully saturated rings. The normalized spacial score (nSPS) is 11.3. The first kappa shape index (κ1) is 16.1. The number of amides is 1. The number of alkyl halides is 2. The number of carbonyl (C=O) groups excluding carboxylic acids is 1. The molecule has 24 heavy (non-hydrogen) atoms. The van der Waals surface area contributed by atoms with Crippen molar-refractivity contribution in [2.75, 3.05) is 5.32 Å². The van der Waals surface area contributed by atoms with Crippen LogP contribution in [0.25, 0.3) is 16.3 Å². The number of fused-ring (bicyclic) bond motifs is 1. The molecule has 0 atom stereocenters. The van der Waals surface area contributed by atoms with Gasteiger partial charge >= 0.3 is 6.61 Å². The fraction of sp³-hybridized carbons (Fsp3) is 0.0588. The fourth-order valence-corrected chi connectivity index (χ4v) is 2.88. The number of aromatic nitrogens is 1. The summed E-state index contributed by atoms with van der Waals surface area (Å²) in [6.45, 7) is -2.87. The van der Waals surface area contributed by atoms with Gasteiger partial charge in [0, 0.05) is 11.8 Å². The first-order chi connectivity index (χ1) is 11.6. The van der Waals surface area contributed by atoms with E-state index in [0.717, 1.165) is 15.2 Å². The SMILES string of the molecule is O=C(C=Cc1nc2ccccc2s1)Nc1ccc(OC(F)F)cc1. The Morgan fingerprint density at radius 2 is 1.92 bits per heavy atom. The number of halogens is 2. The smallest absolute Gasteiger partial charge is 0.387 e. The molecule has 7 heteroatoms. The Hall–Kier alpha value is -2.80. The Kier molecular flexibility index (Phi) is 4.81. The van der Waals surface area contributed by atoms with E-state index in [9.17, 15) is 13.6 Å². The van der Waals surface area contributed by atoms with Gasteiger partial charge in [-0.15, -0.1) is 11.3 Å². The third kappa shape index (κ3) is 4.14. The van der Waals surface area contributed by atoms with Crippen molar-refractivity contribution < 1.29 is 18.3 Å². The average Bonchev–Trinajstić information content (AvgIpc) is 2.97. The van der Waals surface area contributed by atoms with Gasteiger partial charge in [-0.1, -0.05) is 12.1 Å². The molecule has 0 unspecified atom stereocenters. The fourth-order valence-electron chi connectivity index (χ4n) is 2.01. The highest BCUT2D eigenvalue weighted by atomic mass is 32.1. The van der Waals surface area contributed by atoms with Gasteiger partial charge in [-0.2, -0.15) is 8.78 Å². The molecule has 0 radical (unpaired) electrons. The second kappa shape index (κ2) is 7.18. The van der Waals surface area contributed by atoms with E-state index in [2.05, 4.69) is 15.0 Å². The van der Waals surface area contributed by atoms with Gasteiger partial charge in [0.25, 0.3) is 0 Å². The first-order valence-corrected chi connectivity index (χ1v) is 7.81. The van der Waals surface area contributed by atoms with Crippen LogP contribution >= 0.6 is 11.3 Å². The van der Waals surface area contributed by atoms with E-state index in [-0.39, 0.29) is 11.7 Å². The minimum Gasteiger partial charge on any atom is -0.435 e. The zero-order chi connectivity index (χ0) is 16.9. The van der Waals surface area contributed by atoms with Gasteiger partial charge in [0.1, 0.15) is 10.8 Å². The van der Waals surface area contributed by atoms with Gasteiger partial charge in [0.05, 0.1) is 10.2 Å². The lowest BCUT2D eigenvalue weighted by Crippen LogP contribution is -2.07. The topological polar surface area (TPSA) is 51.2 Å². The Bertz CT molecular complexity index is 843. The third-order valence-electron chi connectivity index (χ3n) is 3.03. The molecule has 3 rings (SSSR count).